The lowest BCUT2D eigenvalue weighted by atomic mass is 10.1. The van der Waals surface area contributed by atoms with Gasteiger partial charge in [0.05, 0.1) is 12.1 Å². The summed E-state index contributed by atoms with van der Waals surface area (Å²) in [7, 11) is 0. The molecule has 0 spiro atoms. The van der Waals surface area contributed by atoms with E-state index in [2.05, 4.69) is 5.32 Å². The van der Waals surface area contributed by atoms with E-state index < -0.39 is 24.0 Å². The molecule has 2 amide bonds. The SMILES string of the molecule is Cc1ccc2c(c1)N(C(C)C(=O)NCCC(=O)O)C(=O)C(C)O2. The van der Waals surface area contributed by atoms with Crippen LogP contribution >= 0.6 is 0 Å². The van der Waals surface area contributed by atoms with Crippen molar-refractivity contribution >= 4 is 23.5 Å². The van der Waals surface area contributed by atoms with Gasteiger partial charge in [0.15, 0.2) is 6.10 Å². The first-order valence-electron chi connectivity index (χ1n) is 7.41. The number of hydrogen-bond donors (Lipinski definition) is 2. The van der Waals surface area contributed by atoms with Gasteiger partial charge in [-0.3, -0.25) is 19.3 Å². The monoisotopic (exact) mass is 320 g/mol. The van der Waals surface area contributed by atoms with Crippen LogP contribution in [0.25, 0.3) is 0 Å². The standard InChI is InChI=1S/C16H20N2O5/c1-9-4-5-13-12(8-9)18(16(22)11(3)23-13)10(2)15(21)17-7-6-14(19)20/h4-5,8,10-11H,6-7H2,1-3H3,(H,17,21)(H,19,20). The Morgan fingerprint density at radius 2 is 2.13 bits per heavy atom. The van der Waals surface area contributed by atoms with E-state index in [1.54, 1.807) is 26.0 Å². The maximum absolute atomic E-state index is 12.5. The Bertz CT molecular complexity index is 643. The summed E-state index contributed by atoms with van der Waals surface area (Å²) < 4.78 is 5.57. The third kappa shape index (κ3) is 3.61. The zero-order valence-corrected chi connectivity index (χ0v) is 13.3. The van der Waals surface area contributed by atoms with Crippen LogP contribution in [0.5, 0.6) is 5.75 Å². The van der Waals surface area contributed by atoms with Crippen LogP contribution < -0.4 is 15.0 Å². The topological polar surface area (TPSA) is 95.9 Å². The molecular formula is C16H20N2O5. The molecule has 1 heterocycles. The number of carboxylic acids is 1. The third-order valence-electron chi connectivity index (χ3n) is 3.67. The molecule has 1 aliphatic rings. The molecule has 2 unspecified atom stereocenters. The highest BCUT2D eigenvalue weighted by Gasteiger charge is 2.37. The summed E-state index contributed by atoms with van der Waals surface area (Å²) in [5, 5.41) is 11.2. The Labute approximate surface area is 134 Å². The van der Waals surface area contributed by atoms with E-state index >= 15 is 0 Å². The molecular weight excluding hydrogens is 300 g/mol. The number of carboxylic acid groups (broad SMARTS) is 1. The smallest absolute Gasteiger partial charge is 0.305 e. The van der Waals surface area contributed by atoms with E-state index in [1.807, 2.05) is 13.0 Å². The molecule has 1 aromatic carbocycles. The average Bonchev–Trinajstić information content (AvgIpc) is 2.48. The number of nitrogens with zero attached hydrogens (tertiary/aromatic N) is 1. The largest absolute Gasteiger partial charge is 0.481 e. The summed E-state index contributed by atoms with van der Waals surface area (Å²) in [6.45, 7) is 5.15. The van der Waals surface area contributed by atoms with Crippen molar-refractivity contribution in [1.29, 1.82) is 0 Å². The Hall–Kier alpha value is -2.57. The Balaban J connectivity index is 2.22. The molecule has 0 aliphatic carbocycles. The first kappa shape index (κ1) is 16.8. The first-order valence-corrected chi connectivity index (χ1v) is 7.41. The van der Waals surface area contributed by atoms with Crippen LogP contribution in [-0.4, -0.2) is 41.6 Å². The maximum Gasteiger partial charge on any atom is 0.305 e. The second kappa shape index (κ2) is 6.68. The number of carbonyl (C=O) groups excluding carboxylic acids is 2. The number of carbonyl (C=O) groups is 3. The molecule has 2 atom stereocenters. The summed E-state index contributed by atoms with van der Waals surface area (Å²) >= 11 is 0. The number of nitrogens with one attached hydrogen (secondary N) is 1. The van der Waals surface area contributed by atoms with Gasteiger partial charge < -0.3 is 15.2 Å². The van der Waals surface area contributed by atoms with Gasteiger partial charge in [0.2, 0.25) is 5.91 Å². The van der Waals surface area contributed by atoms with E-state index in [4.69, 9.17) is 9.84 Å². The molecule has 1 aliphatic heterocycles. The predicted octanol–water partition coefficient (Wildman–Crippen LogP) is 1.09. The molecule has 0 aromatic heterocycles. The van der Waals surface area contributed by atoms with Crippen molar-refractivity contribution in [2.24, 2.45) is 0 Å². The van der Waals surface area contributed by atoms with Crippen molar-refractivity contribution in [3.05, 3.63) is 23.8 Å². The quantitative estimate of drug-likeness (QED) is 0.846. The van der Waals surface area contributed by atoms with E-state index in [0.717, 1.165) is 5.56 Å². The molecule has 0 fully saturated rings. The molecule has 7 nitrogen and oxygen atoms in total. The lowest BCUT2D eigenvalue weighted by molar-refractivity contribution is -0.137. The fourth-order valence-corrected chi connectivity index (χ4v) is 2.43. The zero-order chi connectivity index (χ0) is 17.1. The molecule has 0 radical (unpaired) electrons. The zero-order valence-electron chi connectivity index (χ0n) is 13.3. The number of hydrogen-bond acceptors (Lipinski definition) is 4. The van der Waals surface area contributed by atoms with Gasteiger partial charge in [0, 0.05) is 6.54 Å². The lowest BCUT2D eigenvalue weighted by Gasteiger charge is -2.36. The molecule has 0 bridgehead atoms. The number of aryl methyl sites for hydroxylation is 1. The van der Waals surface area contributed by atoms with Crippen LogP contribution in [0, 0.1) is 6.92 Å². The van der Waals surface area contributed by atoms with E-state index in [-0.39, 0.29) is 18.9 Å². The highest BCUT2D eigenvalue weighted by molar-refractivity contribution is 6.05. The fraction of sp³-hybridized carbons (Fsp3) is 0.438. The van der Waals surface area contributed by atoms with Crippen LogP contribution in [0.1, 0.15) is 25.8 Å². The second-order valence-electron chi connectivity index (χ2n) is 5.55. The summed E-state index contributed by atoms with van der Waals surface area (Å²) in [6, 6.07) is 4.68. The van der Waals surface area contributed by atoms with Crippen molar-refractivity contribution in [3.63, 3.8) is 0 Å². The van der Waals surface area contributed by atoms with Crippen LogP contribution in [0.3, 0.4) is 0 Å². The highest BCUT2D eigenvalue weighted by atomic mass is 16.5. The third-order valence-corrected chi connectivity index (χ3v) is 3.67. The van der Waals surface area contributed by atoms with Crippen molar-refractivity contribution < 1.29 is 24.2 Å². The molecule has 23 heavy (non-hydrogen) atoms. The summed E-state index contributed by atoms with van der Waals surface area (Å²) in [4.78, 5) is 36.6. The fourth-order valence-electron chi connectivity index (χ4n) is 2.43. The van der Waals surface area contributed by atoms with Crippen LogP contribution in [0.15, 0.2) is 18.2 Å². The predicted molar refractivity (Wildman–Crippen MR) is 83.5 cm³/mol. The number of anilines is 1. The van der Waals surface area contributed by atoms with E-state index in [9.17, 15) is 14.4 Å². The van der Waals surface area contributed by atoms with Crippen molar-refractivity contribution in [1.82, 2.24) is 5.32 Å². The van der Waals surface area contributed by atoms with Gasteiger partial charge in [-0.05, 0) is 38.5 Å². The van der Waals surface area contributed by atoms with E-state index in [1.165, 1.54) is 4.90 Å². The summed E-state index contributed by atoms with van der Waals surface area (Å²) in [5.41, 5.74) is 1.49. The van der Waals surface area contributed by atoms with Gasteiger partial charge in [0.1, 0.15) is 11.8 Å². The minimum absolute atomic E-state index is 0.0211. The first-order chi connectivity index (χ1) is 10.8. The molecule has 0 saturated carbocycles. The normalized spacial score (nSPS) is 18.0. The minimum atomic E-state index is -0.991. The number of benzene rings is 1. The second-order valence-corrected chi connectivity index (χ2v) is 5.55. The number of rotatable bonds is 5. The number of amides is 2. The lowest BCUT2D eigenvalue weighted by Crippen LogP contribution is -2.54. The Morgan fingerprint density at radius 1 is 1.43 bits per heavy atom. The average molecular weight is 320 g/mol. The van der Waals surface area contributed by atoms with Gasteiger partial charge in [-0.2, -0.15) is 0 Å². The number of ether oxygens (including phenoxy) is 1. The molecule has 124 valence electrons. The number of fused-ring (bicyclic) bond motifs is 1. The molecule has 7 heteroatoms. The van der Waals surface area contributed by atoms with Crippen molar-refractivity contribution in [2.75, 3.05) is 11.4 Å². The maximum atomic E-state index is 12.5. The number of aliphatic carboxylic acids is 1. The molecule has 1 aromatic rings. The van der Waals surface area contributed by atoms with E-state index in [0.29, 0.717) is 11.4 Å². The Morgan fingerprint density at radius 3 is 2.78 bits per heavy atom. The van der Waals surface area contributed by atoms with Crippen LogP contribution in [-0.2, 0) is 14.4 Å². The van der Waals surface area contributed by atoms with Crippen LogP contribution in [0.2, 0.25) is 0 Å². The minimum Gasteiger partial charge on any atom is -0.481 e. The molecule has 2 rings (SSSR count). The molecule has 0 saturated heterocycles. The van der Waals surface area contributed by atoms with Gasteiger partial charge in [-0.25, -0.2) is 0 Å². The Kier molecular flexibility index (Phi) is 4.88. The van der Waals surface area contributed by atoms with Gasteiger partial charge in [-0.1, -0.05) is 6.07 Å². The molecule has 2 N–H and O–H groups in total. The van der Waals surface area contributed by atoms with Crippen LogP contribution in [0.4, 0.5) is 5.69 Å². The summed E-state index contributed by atoms with van der Waals surface area (Å²) in [6.07, 6.45) is -0.846. The van der Waals surface area contributed by atoms with Crippen molar-refractivity contribution in [3.8, 4) is 5.75 Å². The highest BCUT2D eigenvalue weighted by Crippen LogP contribution is 2.36. The van der Waals surface area contributed by atoms with Gasteiger partial charge >= 0.3 is 5.97 Å². The van der Waals surface area contributed by atoms with Gasteiger partial charge in [0.25, 0.3) is 5.91 Å². The summed E-state index contributed by atoms with van der Waals surface area (Å²) in [5.74, 6) is -1.15. The van der Waals surface area contributed by atoms with Crippen molar-refractivity contribution in [2.45, 2.75) is 39.3 Å². The van der Waals surface area contributed by atoms with Gasteiger partial charge in [-0.15, -0.1) is 0 Å².